The van der Waals surface area contributed by atoms with Crippen LogP contribution in [0.1, 0.15) is 43.8 Å². The van der Waals surface area contributed by atoms with Crippen LogP contribution in [0.5, 0.6) is 5.75 Å². The van der Waals surface area contributed by atoms with Crippen LogP contribution >= 0.6 is 11.8 Å². The summed E-state index contributed by atoms with van der Waals surface area (Å²) in [6, 6.07) is 16.7. The van der Waals surface area contributed by atoms with Crippen LogP contribution in [0.4, 0.5) is 4.39 Å². The standard InChI is InChI=1S/C24H19FO4S/c25-19-7-4-15(5-8-19)14-30-23-11-17-6-9-21(26)20(17)12-22(23)29-13-16-2-1-3-18(10-16)24(27)28/h1-5,7-8,10-12H,6,9,13-14H2,(H,27,28). The van der Waals surface area contributed by atoms with Crippen LogP contribution in [-0.2, 0) is 18.8 Å². The Kier molecular flexibility index (Phi) is 5.86. The Balaban J connectivity index is 1.56. The van der Waals surface area contributed by atoms with Crippen molar-refractivity contribution in [1.82, 2.24) is 0 Å². The van der Waals surface area contributed by atoms with Crippen molar-refractivity contribution in [3.8, 4) is 5.75 Å². The summed E-state index contributed by atoms with van der Waals surface area (Å²) in [6.45, 7) is 0.193. The Hall–Kier alpha value is -3.12. The summed E-state index contributed by atoms with van der Waals surface area (Å²) in [7, 11) is 0. The zero-order valence-corrected chi connectivity index (χ0v) is 16.9. The van der Waals surface area contributed by atoms with Crippen LogP contribution in [-0.4, -0.2) is 16.9 Å². The number of aryl methyl sites for hydroxylation is 1. The van der Waals surface area contributed by atoms with Crippen LogP contribution < -0.4 is 4.74 Å². The van der Waals surface area contributed by atoms with Crippen LogP contribution in [0, 0.1) is 5.82 Å². The van der Waals surface area contributed by atoms with E-state index in [2.05, 4.69) is 0 Å². The SMILES string of the molecule is O=C(O)c1cccc(COc2cc3c(cc2SCc2ccc(F)cc2)CCC3=O)c1. The number of Topliss-reactive ketones (excluding diaryl/α,β-unsaturated/α-hetero) is 1. The van der Waals surface area contributed by atoms with Crippen molar-refractivity contribution < 1.29 is 23.8 Å². The van der Waals surface area contributed by atoms with Crippen molar-refractivity contribution in [2.45, 2.75) is 30.1 Å². The lowest BCUT2D eigenvalue weighted by molar-refractivity contribution is 0.0696. The lowest BCUT2D eigenvalue weighted by Gasteiger charge is -2.14. The Morgan fingerprint density at radius 2 is 1.83 bits per heavy atom. The molecule has 1 aliphatic rings. The molecule has 1 aliphatic carbocycles. The normalized spacial score (nSPS) is 12.6. The van der Waals surface area contributed by atoms with Crippen molar-refractivity contribution in [2.75, 3.05) is 0 Å². The zero-order chi connectivity index (χ0) is 21.1. The highest BCUT2D eigenvalue weighted by Crippen LogP contribution is 2.37. The molecule has 0 radical (unpaired) electrons. The molecule has 152 valence electrons. The van der Waals surface area contributed by atoms with Crippen LogP contribution in [0.2, 0.25) is 0 Å². The molecular formula is C24H19FO4S. The number of halogens is 1. The predicted molar refractivity (Wildman–Crippen MR) is 113 cm³/mol. The highest BCUT2D eigenvalue weighted by Gasteiger charge is 2.22. The lowest BCUT2D eigenvalue weighted by atomic mass is 10.1. The molecule has 0 spiro atoms. The zero-order valence-electron chi connectivity index (χ0n) is 16.1. The number of carbonyl (C=O) groups is 2. The average molecular weight is 422 g/mol. The first-order valence-electron chi connectivity index (χ1n) is 9.52. The van der Waals surface area contributed by atoms with Crippen molar-refractivity contribution >= 4 is 23.5 Å². The molecule has 4 nitrogen and oxygen atoms in total. The van der Waals surface area contributed by atoms with Gasteiger partial charge in [0.1, 0.15) is 18.2 Å². The maximum Gasteiger partial charge on any atom is 0.335 e. The van der Waals surface area contributed by atoms with E-state index in [0.29, 0.717) is 23.5 Å². The van der Waals surface area contributed by atoms with Crippen LogP contribution in [0.25, 0.3) is 0 Å². The third-order valence-electron chi connectivity index (χ3n) is 4.97. The number of carbonyl (C=O) groups excluding carboxylic acids is 1. The predicted octanol–water partition coefficient (Wildman–Crippen LogP) is 5.52. The molecule has 0 aromatic heterocycles. The van der Waals surface area contributed by atoms with E-state index >= 15 is 0 Å². The summed E-state index contributed by atoms with van der Waals surface area (Å²) in [5.41, 5.74) is 3.62. The Labute approximate surface area is 177 Å². The number of carboxylic acid groups (broad SMARTS) is 1. The van der Waals surface area contributed by atoms with E-state index in [4.69, 9.17) is 9.84 Å². The average Bonchev–Trinajstić information content (AvgIpc) is 3.11. The van der Waals surface area contributed by atoms with Gasteiger partial charge < -0.3 is 9.84 Å². The van der Waals surface area contributed by atoms with E-state index < -0.39 is 5.97 Å². The number of rotatable bonds is 7. The topological polar surface area (TPSA) is 63.6 Å². The molecule has 0 saturated heterocycles. The minimum atomic E-state index is -0.990. The van der Waals surface area contributed by atoms with Crippen LogP contribution in [0.15, 0.2) is 65.6 Å². The van der Waals surface area contributed by atoms with E-state index in [1.54, 1.807) is 48.2 Å². The van der Waals surface area contributed by atoms with Gasteiger partial charge in [0.15, 0.2) is 5.78 Å². The summed E-state index contributed by atoms with van der Waals surface area (Å²) in [5, 5.41) is 9.16. The van der Waals surface area contributed by atoms with Gasteiger partial charge in [-0.05, 0) is 59.5 Å². The number of benzene rings is 3. The van der Waals surface area contributed by atoms with Gasteiger partial charge in [0.05, 0.1) is 10.5 Å². The number of carboxylic acids is 1. The first-order valence-corrected chi connectivity index (χ1v) is 10.5. The molecule has 0 atom stereocenters. The second kappa shape index (κ2) is 8.71. The first-order chi connectivity index (χ1) is 14.5. The molecule has 0 bridgehead atoms. The van der Waals surface area contributed by atoms with Gasteiger partial charge >= 0.3 is 5.97 Å². The minimum Gasteiger partial charge on any atom is -0.488 e. The van der Waals surface area contributed by atoms with Crippen molar-refractivity contribution in [2.24, 2.45) is 0 Å². The molecule has 0 aliphatic heterocycles. The molecule has 1 N–H and O–H groups in total. The molecule has 30 heavy (non-hydrogen) atoms. The summed E-state index contributed by atoms with van der Waals surface area (Å²) < 4.78 is 19.2. The Bertz CT molecular complexity index is 1110. The summed E-state index contributed by atoms with van der Waals surface area (Å²) in [6.07, 6.45) is 1.22. The number of thioether (sulfide) groups is 1. The maximum absolute atomic E-state index is 13.1. The fourth-order valence-electron chi connectivity index (χ4n) is 3.37. The summed E-state index contributed by atoms with van der Waals surface area (Å²) in [5.74, 6) is 0.0790. The fourth-order valence-corrected chi connectivity index (χ4v) is 4.37. The molecule has 3 aromatic carbocycles. The molecule has 6 heteroatoms. The second-order valence-electron chi connectivity index (χ2n) is 7.09. The number of ketones is 1. The maximum atomic E-state index is 13.1. The van der Waals surface area contributed by atoms with Crippen molar-refractivity contribution in [3.63, 3.8) is 0 Å². The quantitative estimate of drug-likeness (QED) is 0.508. The summed E-state index contributed by atoms with van der Waals surface area (Å²) in [4.78, 5) is 24.3. The molecular weight excluding hydrogens is 403 g/mol. The number of hydrogen-bond donors (Lipinski definition) is 1. The largest absolute Gasteiger partial charge is 0.488 e. The molecule has 0 amide bonds. The van der Waals surface area contributed by atoms with Crippen molar-refractivity contribution in [3.05, 3.63) is 94.3 Å². The van der Waals surface area contributed by atoms with E-state index in [-0.39, 0.29) is 23.8 Å². The van der Waals surface area contributed by atoms with Gasteiger partial charge in [-0.1, -0.05) is 24.3 Å². The number of hydrogen-bond acceptors (Lipinski definition) is 4. The van der Waals surface area contributed by atoms with E-state index in [0.717, 1.165) is 28.0 Å². The van der Waals surface area contributed by atoms with Gasteiger partial charge in [-0.15, -0.1) is 11.8 Å². The van der Waals surface area contributed by atoms with Gasteiger partial charge in [-0.25, -0.2) is 9.18 Å². The van der Waals surface area contributed by atoms with Gasteiger partial charge in [0, 0.05) is 17.7 Å². The van der Waals surface area contributed by atoms with E-state index in [9.17, 15) is 14.0 Å². The molecule has 4 rings (SSSR count). The first kappa shape index (κ1) is 20.2. The van der Waals surface area contributed by atoms with E-state index in [1.807, 2.05) is 6.07 Å². The molecule has 0 saturated carbocycles. The van der Waals surface area contributed by atoms with Gasteiger partial charge in [-0.3, -0.25) is 4.79 Å². The minimum absolute atomic E-state index is 0.109. The number of aromatic carboxylic acids is 1. The molecule has 0 unspecified atom stereocenters. The third-order valence-corrected chi connectivity index (χ3v) is 6.07. The molecule has 3 aromatic rings. The second-order valence-corrected chi connectivity index (χ2v) is 8.11. The van der Waals surface area contributed by atoms with Gasteiger partial charge in [-0.2, -0.15) is 0 Å². The van der Waals surface area contributed by atoms with E-state index in [1.165, 1.54) is 18.2 Å². The molecule has 0 heterocycles. The van der Waals surface area contributed by atoms with Gasteiger partial charge in [0.2, 0.25) is 0 Å². The highest BCUT2D eigenvalue weighted by molar-refractivity contribution is 7.98. The smallest absolute Gasteiger partial charge is 0.335 e. The van der Waals surface area contributed by atoms with Crippen molar-refractivity contribution in [1.29, 1.82) is 0 Å². The Morgan fingerprint density at radius 3 is 2.60 bits per heavy atom. The lowest BCUT2D eigenvalue weighted by Crippen LogP contribution is -2.02. The number of ether oxygens (including phenoxy) is 1. The highest BCUT2D eigenvalue weighted by atomic mass is 32.2. The van der Waals surface area contributed by atoms with Crippen LogP contribution in [0.3, 0.4) is 0 Å². The monoisotopic (exact) mass is 422 g/mol. The number of fused-ring (bicyclic) bond motifs is 1. The summed E-state index contributed by atoms with van der Waals surface area (Å²) >= 11 is 1.56. The molecule has 0 fully saturated rings. The fraction of sp³-hybridized carbons (Fsp3) is 0.167. The third kappa shape index (κ3) is 4.54. The Morgan fingerprint density at radius 1 is 1.03 bits per heavy atom. The van der Waals surface area contributed by atoms with Gasteiger partial charge in [0.25, 0.3) is 0 Å².